The summed E-state index contributed by atoms with van der Waals surface area (Å²) in [6.07, 6.45) is 2.92. The van der Waals surface area contributed by atoms with E-state index in [1.807, 2.05) is 30.3 Å². The molecular formula is C22H27ClN2O3. The topological polar surface area (TPSA) is 50.8 Å². The number of piperidine rings is 1. The molecule has 150 valence electrons. The van der Waals surface area contributed by atoms with Crippen LogP contribution in [-0.2, 0) is 6.42 Å². The first kappa shape index (κ1) is 20.5. The summed E-state index contributed by atoms with van der Waals surface area (Å²) in [5.74, 6) is 1.57. The highest BCUT2D eigenvalue weighted by atomic mass is 35.5. The number of methoxy groups -OCH3 is 2. The molecule has 0 aromatic heterocycles. The molecule has 1 amide bonds. The van der Waals surface area contributed by atoms with Crippen molar-refractivity contribution < 1.29 is 14.3 Å². The van der Waals surface area contributed by atoms with Gasteiger partial charge >= 0.3 is 0 Å². The summed E-state index contributed by atoms with van der Waals surface area (Å²) in [5.41, 5.74) is 3.34. The van der Waals surface area contributed by atoms with Gasteiger partial charge in [0.15, 0.2) is 11.5 Å². The molecule has 2 aliphatic rings. The molecule has 5 nitrogen and oxygen atoms in total. The number of hydrogen-bond donors (Lipinski definition) is 1. The lowest BCUT2D eigenvalue weighted by molar-refractivity contribution is 0.0843. The van der Waals surface area contributed by atoms with Gasteiger partial charge in [-0.2, -0.15) is 0 Å². The fourth-order valence-corrected chi connectivity index (χ4v) is 4.32. The standard InChI is InChI=1S/C22H26N2O3.ClH/c1-26-20-12-16-8-10-24-11-9-17(13-19(24)18(16)14-21(20)27-2)23-22(25)15-6-4-3-5-7-15;/h3-7,12,14,17,19H,8-11,13H2,1-2H3,(H,23,25);1H. The SMILES string of the molecule is COc1cc2c(cc1OC)C1CC(NC(=O)c3ccccc3)CCN1CC2.Cl. The van der Waals surface area contributed by atoms with Crippen LogP contribution < -0.4 is 14.8 Å². The van der Waals surface area contributed by atoms with Crippen LogP contribution in [0.2, 0.25) is 0 Å². The largest absolute Gasteiger partial charge is 0.493 e. The third kappa shape index (κ3) is 3.96. The number of hydrogen-bond acceptors (Lipinski definition) is 4. The highest BCUT2D eigenvalue weighted by molar-refractivity contribution is 5.94. The van der Waals surface area contributed by atoms with E-state index in [1.165, 1.54) is 11.1 Å². The van der Waals surface area contributed by atoms with Crippen LogP contribution >= 0.6 is 12.4 Å². The molecule has 2 heterocycles. The Balaban J connectivity index is 0.00000225. The zero-order chi connectivity index (χ0) is 18.8. The molecule has 1 saturated heterocycles. The third-order valence-corrected chi connectivity index (χ3v) is 5.76. The normalized spacial score (nSPS) is 20.9. The van der Waals surface area contributed by atoms with E-state index in [0.717, 1.165) is 49.4 Å². The summed E-state index contributed by atoms with van der Waals surface area (Å²) in [5, 5.41) is 3.23. The second-order valence-electron chi connectivity index (χ2n) is 7.27. The van der Waals surface area contributed by atoms with Gasteiger partial charge < -0.3 is 14.8 Å². The molecule has 1 N–H and O–H groups in total. The van der Waals surface area contributed by atoms with Gasteiger partial charge in [0.2, 0.25) is 0 Å². The summed E-state index contributed by atoms with van der Waals surface area (Å²) in [6.45, 7) is 2.05. The monoisotopic (exact) mass is 402 g/mol. The Morgan fingerprint density at radius 1 is 1.07 bits per heavy atom. The van der Waals surface area contributed by atoms with Gasteiger partial charge in [-0.25, -0.2) is 0 Å². The van der Waals surface area contributed by atoms with Crippen molar-refractivity contribution in [3.63, 3.8) is 0 Å². The number of ether oxygens (including phenoxy) is 2. The Hall–Kier alpha value is -2.24. The van der Waals surface area contributed by atoms with E-state index in [-0.39, 0.29) is 24.4 Å². The molecule has 6 heteroatoms. The van der Waals surface area contributed by atoms with Crippen molar-refractivity contribution >= 4 is 18.3 Å². The fourth-order valence-electron chi connectivity index (χ4n) is 4.32. The molecule has 1 fully saturated rings. The molecule has 0 radical (unpaired) electrons. The van der Waals surface area contributed by atoms with E-state index in [9.17, 15) is 4.79 Å². The molecule has 0 aliphatic carbocycles. The van der Waals surface area contributed by atoms with E-state index >= 15 is 0 Å². The van der Waals surface area contributed by atoms with Crippen LogP contribution in [0.25, 0.3) is 0 Å². The van der Waals surface area contributed by atoms with Gasteiger partial charge in [-0.05, 0) is 54.7 Å². The lowest BCUT2D eigenvalue weighted by Crippen LogP contribution is -2.48. The highest BCUT2D eigenvalue weighted by Gasteiger charge is 2.35. The van der Waals surface area contributed by atoms with Gasteiger partial charge in [-0.15, -0.1) is 12.4 Å². The van der Waals surface area contributed by atoms with Crippen molar-refractivity contribution in [2.45, 2.75) is 31.3 Å². The summed E-state index contributed by atoms with van der Waals surface area (Å²) in [7, 11) is 3.35. The van der Waals surface area contributed by atoms with Crippen LogP contribution in [0.1, 0.15) is 40.4 Å². The Labute approximate surface area is 172 Å². The van der Waals surface area contributed by atoms with Crippen molar-refractivity contribution in [3.8, 4) is 11.5 Å². The Bertz CT molecular complexity index is 828. The Morgan fingerprint density at radius 3 is 2.50 bits per heavy atom. The van der Waals surface area contributed by atoms with Crippen LogP contribution in [-0.4, -0.2) is 44.2 Å². The van der Waals surface area contributed by atoms with Gasteiger partial charge in [-0.3, -0.25) is 9.69 Å². The first-order chi connectivity index (χ1) is 13.2. The zero-order valence-electron chi connectivity index (χ0n) is 16.3. The molecule has 0 spiro atoms. The minimum atomic E-state index is 0. The number of carbonyl (C=O) groups is 1. The minimum absolute atomic E-state index is 0. The zero-order valence-corrected chi connectivity index (χ0v) is 17.1. The second-order valence-corrected chi connectivity index (χ2v) is 7.27. The number of carbonyl (C=O) groups excluding carboxylic acids is 1. The number of fused-ring (bicyclic) bond motifs is 3. The van der Waals surface area contributed by atoms with Crippen molar-refractivity contribution in [2.24, 2.45) is 0 Å². The molecule has 0 saturated carbocycles. The number of benzene rings is 2. The fraction of sp³-hybridized carbons (Fsp3) is 0.409. The van der Waals surface area contributed by atoms with Crippen molar-refractivity contribution in [1.29, 1.82) is 0 Å². The smallest absolute Gasteiger partial charge is 0.251 e. The lowest BCUT2D eigenvalue weighted by Gasteiger charge is -2.43. The predicted octanol–water partition coefficient (Wildman–Crippen LogP) is 3.62. The van der Waals surface area contributed by atoms with Gasteiger partial charge in [0.05, 0.1) is 14.2 Å². The number of nitrogens with zero attached hydrogens (tertiary/aromatic N) is 1. The molecule has 2 aromatic rings. The van der Waals surface area contributed by atoms with Gasteiger partial charge in [0, 0.05) is 30.7 Å². The molecule has 2 atom stereocenters. The van der Waals surface area contributed by atoms with Gasteiger partial charge in [0.1, 0.15) is 0 Å². The maximum absolute atomic E-state index is 12.5. The Morgan fingerprint density at radius 2 is 1.79 bits per heavy atom. The highest BCUT2D eigenvalue weighted by Crippen LogP contribution is 2.41. The van der Waals surface area contributed by atoms with Gasteiger partial charge in [0.25, 0.3) is 5.91 Å². The average molecular weight is 403 g/mol. The first-order valence-electron chi connectivity index (χ1n) is 9.54. The summed E-state index contributed by atoms with van der Waals surface area (Å²) in [4.78, 5) is 15.1. The number of halogens is 1. The average Bonchev–Trinajstić information content (AvgIpc) is 2.73. The van der Waals surface area contributed by atoms with E-state index in [1.54, 1.807) is 14.2 Å². The van der Waals surface area contributed by atoms with Crippen LogP contribution in [0.15, 0.2) is 42.5 Å². The predicted molar refractivity (Wildman–Crippen MR) is 112 cm³/mol. The van der Waals surface area contributed by atoms with Crippen LogP contribution in [0, 0.1) is 0 Å². The molecule has 0 bridgehead atoms. The molecule has 2 unspecified atom stereocenters. The van der Waals surface area contributed by atoms with E-state index in [2.05, 4.69) is 22.3 Å². The van der Waals surface area contributed by atoms with Crippen LogP contribution in [0.3, 0.4) is 0 Å². The molecule has 4 rings (SSSR count). The van der Waals surface area contributed by atoms with E-state index in [0.29, 0.717) is 6.04 Å². The maximum atomic E-state index is 12.5. The minimum Gasteiger partial charge on any atom is -0.493 e. The first-order valence-corrected chi connectivity index (χ1v) is 9.54. The van der Waals surface area contributed by atoms with E-state index in [4.69, 9.17) is 9.47 Å². The summed E-state index contributed by atoms with van der Waals surface area (Å²) in [6, 6.07) is 14.2. The number of rotatable bonds is 4. The van der Waals surface area contributed by atoms with Crippen LogP contribution in [0.5, 0.6) is 11.5 Å². The lowest BCUT2D eigenvalue weighted by atomic mass is 9.84. The van der Waals surface area contributed by atoms with Crippen LogP contribution in [0.4, 0.5) is 0 Å². The van der Waals surface area contributed by atoms with Crippen molar-refractivity contribution in [2.75, 3.05) is 27.3 Å². The Kier molecular flexibility index (Phi) is 6.47. The summed E-state index contributed by atoms with van der Waals surface area (Å²) >= 11 is 0. The summed E-state index contributed by atoms with van der Waals surface area (Å²) < 4.78 is 11.0. The number of amides is 1. The molecular weight excluding hydrogens is 376 g/mol. The second kappa shape index (κ2) is 8.84. The van der Waals surface area contributed by atoms with Crippen molar-refractivity contribution in [1.82, 2.24) is 10.2 Å². The quantitative estimate of drug-likeness (QED) is 0.848. The maximum Gasteiger partial charge on any atom is 0.251 e. The van der Waals surface area contributed by atoms with E-state index < -0.39 is 0 Å². The van der Waals surface area contributed by atoms with Gasteiger partial charge in [-0.1, -0.05) is 18.2 Å². The third-order valence-electron chi connectivity index (χ3n) is 5.76. The number of nitrogens with one attached hydrogen (secondary N) is 1. The molecule has 2 aliphatic heterocycles. The molecule has 2 aromatic carbocycles. The molecule has 28 heavy (non-hydrogen) atoms. The van der Waals surface area contributed by atoms with Crippen molar-refractivity contribution in [3.05, 3.63) is 59.2 Å².